The Kier molecular flexibility index (Phi) is 7.72. The number of rotatable bonds is 8. The molecular weight excluding hydrogens is 466 g/mol. The molecule has 2 N–H and O–H groups in total. The van der Waals surface area contributed by atoms with Gasteiger partial charge in [0.2, 0.25) is 5.91 Å². The van der Waals surface area contributed by atoms with E-state index in [4.69, 9.17) is 0 Å². The predicted octanol–water partition coefficient (Wildman–Crippen LogP) is 4.37. The molecule has 4 rings (SSSR count). The van der Waals surface area contributed by atoms with Crippen LogP contribution < -0.4 is 15.5 Å². The second-order valence-corrected chi connectivity index (χ2v) is 8.50. The van der Waals surface area contributed by atoms with Crippen LogP contribution in [0.3, 0.4) is 0 Å². The first-order valence-corrected chi connectivity index (χ1v) is 11.8. The summed E-state index contributed by atoms with van der Waals surface area (Å²) in [7, 11) is 0. The number of hydrogen-bond acceptors (Lipinski definition) is 7. The van der Waals surface area contributed by atoms with Crippen LogP contribution in [0.4, 0.5) is 31.7 Å². The molecule has 3 aromatic rings. The van der Waals surface area contributed by atoms with Gasteiger partial charge in [-0.15, -0.1) is 10.2 Å². The van der Waals surface area contributed by atoms with Crippen LogP contribution in [0.25, 0.3) is 0 Å². The maximum atomic E-state index is 14.0. The van der Waals surface area contributed by atoms with Crippen molar-refractivity contribution in [2.24, 2.45) is 0 Å². The topological polar surface area (TPSA) is 90.5 Å². The fraction of sp³-hybridized carbons (Fsp3) is 0.308. The minimum absolute atomic E-state index is 0.0772. The molecule has 1 aliphatic rings. The lowest BCUT2D eigenvalue weighted by Crippen LogP contribution is -2.48. The van der Waals surface area contributed by atoms with Crippen LogP contribution in [0.5, 0.6) is 0 Å². The van der Waals surface area contributed by atoms with Gasteiger partial charge in [0.25, 0.3) is 0 Å². The lowest BCUT2D eigenvalue weighted by Gasteiger charge is -2.36. The van der Waals surface area contributed by atoms with Gasteiger partial charge in [0.1, 0.15) is 11.6 Å². The van der Waals surface area contributed by atoms with Gasteiger partial charge in [0, 0.05) is 69.1 Å². The first-order chi connectivity index (χ1) is 17.4. The predicted molar refractivity (Wildman–Crippen MR) is 135 cm³/mol. The van der Waals surface area contributed by atoms with Crippen LogP contribution in [0.2, 0.25) is 0 Å². The number of nitrogens with zero attached hydrogens (tertiary/aromatic N) is 4. The maximum Gasteiger partial charge on any atom is 0.222 e. The van der Waals surface area contributed by atoms with Gasteiger partial charge in [-0.25, -0.2) is 8.78 Å². The zero-order chi connectivity index (χ0) is 25.7. The molecule has 1 aliphatic heterocycles. The van der Waals surface area contributed by atoms with E-state index in [1.54, 1.807) is 6.07 Å². The van der Waals surface area contributed by atoms with Gasteiger partial charge in [-0.2, -0.15) is 0 Å². The molecule has 2 heterocycles. The first kappa shape index (κ1) is 25.0. The number of carbonyl (C=O) groups is 2. The molecule has 0 unspecified atom stereocenters. The third kappa shape index (κ3) is 5.76. The third-order valence-electron chi connectivity index (χ3n) is 6.08. The Bertz CT molecular complexity index is 1220. The summed E-state index contributed by atoms with van der Waals surface area (Å²) in [4.78, 5) is 28.0. The van der Waals surface area contributed by atoms with Gasteiger partial charge >= 0.3 is 0 Å². The standard InChI is InChI=1S/C26H28F2N6O2/c1-3-25(36)34-13-11-33(12-14-34)19-9-7-18(8-10-19)30-24-15-23(26(17(2)35)32-31-24)29-16-20-21(27)5-4-6-22(20)28/h4-10,15H,3,11-14,16H2,1-2H3,(H2,29,30,31). The average molecular weight is 495 g/mol. The number of piperazine rings is 1. The summed E-state index contributed by atoms with van der Waals surface area (Å²) in [6.45, 7) is 6.02. The summed E-state index contributed by atoms with van der Waals surface area (Å²) in [5.74, 6) is -1.12. The third-order valence-corrected chi connectivity index (χ3v) is 6.08. The van der Waals surface area contributed by atoms with Crippen molar-refractivity contribution in [2.75, 3.05) is 41.7 Å². The number of amides is 1. The van der Waals surface area contributed by atoms with Crippen LogP contribution >= 0.6 is 0 Å². The number of ketones is 1. The van der Waals surface area contributed by atoms with Crippen LogP contribution in [0.15, 0.2) is 48.5 Å². The number of aromatic nitrogens is 2. The fourth-order valence-electron chi connectivity index (χ4n) is 4.07. The van der Waals surface area contributed by atoms with Crippen molar-refractivity contribution in [3.63, 3.8) is 0 Å². The fourth-order valence-corrected chi connectivity index (χ4v) is 4.07. The Balaban J connectivity index is 1.44. The van der Waals surface area contributed by atoms with E-state index in [1.165, 1.54) is 25.1 Å². The number of nitrogens with one attached hydrogen (secondary N) is 2. The Hall–Kier alpha value is -4.08. The van der Waals surface area contributed by atoms with Crippen molar-refractivity contribution < 1.29 is 18.4 Å². The van der Waals surface area contributed by atoms with E-state index in [9.17, 15) is 18.4 Å². The Morgan fingerprint density at radius 1 is 0.972 bits per heavy atom. The number of anilines is 4. The highest BCUT2D eigenvalue weighted by atomic mass is 19.1. The molecule has 1 fully saturated rings. The molecule has 36 heavy (non-hydrogen) atoms. The summed E-state index contributed by atoms with van der Waals surface area (Å²) < 4.78 is 28.0. The largest absolute Gasteiger partial charge is 0.379 e. The van der Waals surface area contributed by atoms with Gasteiger partial charge in [-0.3, -0.25) is 9.59 Å². The number of halogens is 2. The minimum Gasteiger partial charge on any atom is -0.379 e. The molecule has 0 radical (unpaired) electrons. The quantitative estimate of drug-likeness (QED) is 0.450. The van der Waals surface area contributed by atoms with E-state index in [2.05, 4.69) is 25.7 Å². The summed E-state index contributed by atoms with van der Waals surface area (Å²) in [5.41, 5.74) is 2.08. The molecule has 0 atom stereocenters. The molecule has 1 amide bonds. The van der Waals surface area contributed by atoms with E-state index < -0.39 is 11.6 Å². The Labute approximate surface area is 208 Å². The molecule has 0 spiro atoms. The number of hydrogen-bond donors (Lipinski definition) is 2. The second-order valence-electron chi connectivity index (χ2n) is 8.50. The highest BCUT2D eigenvalue weighted by Crippen LogP contribution is 2.24. The van der Waals surface area contributed by atoms with E-state index in [0.717, 1.165) is 24.5 Å². The maximum absolute atomic E-state index is 14.0. The van der Waals surface area contributed by atoms with Crippen molar-refractivity contribution in [3.8, 4) is 0 Å². The molecule has 1 saturated heterocycles. The molecule has 2 aromatic carbocycles. The van der Waals surface area contributed by atoms with Gasteiger partial charge < -0.3 is 20.4 Å². The van der Waals surface area contributed by atoms with E-state index in [0.29, 0.717) is 31.0 Å². The van der Waals surface area contributed by atoms with Crippen LogP contribution in [0, 0.1) is 11.6 Å². The van der Waals surface area contributed by atoms with Crippen molar-refractivity contribution in [3.05, 3.63) is 71.4 Å². The Morgan fingerprint density at radius 2 is 1.64 bits per heavy atom. The zero-order valence-electron chi connectivity index (χ0n) is 20.2. The molecular formula is C26H28F2N6O2. The molecule has 188 valence electrons. The summed E-state index contributed by atoms with van der Waals surface area (Å²) in [6.07, 6.45) is 0.522. The molecule has 0 saturated carbocycles. The lowest BCUT2D eigenvalue weighted by molar-refractivity contribution is -0.131. The van der Waals surface area contributed by atoms with E-state index in [-0.39, 0.29) is 29.5 Å². The van der Waals surface area contributed by atoms with Crippen molar-refractivity contribution in [2.45, 2.75) is 26.8 Å². The first-order valence-electron chi connectivity index (χ1n) is 11.8. The molecule has 8 nitrogen and oxygen atoms in total. The highest BCUT2D eigenvalue weighted by Gasteiger charge is 2.20. The van der Waals surface area contributed by atoms with Crippen LogP contribution in [-0.2, 0) is 11.3 Å². The normalized spacial score (nSPS) is 13.4. The van der Waals surface area contributed by atoms with Gasteiger partial charge in [-0.1, -0.05) is 13.0 Å². The molecule has 0 aliphatic carbocycles. The average Bonchev–Trinajstić information content (AvgIpc) is 2.88. The van der Waals surface area contributed by atoms with Gasteiger partial charge in [0.15, 0.2) is 17.3 Å². The van der Waals surface area contributed by atoms with Crippen LogP contribution in [-0.4, -0.2) is 53.0 Å². The SMILES string of the molecule is CCC(=O)N1CCN(c2ccc(Nc3cc(NCc4c(F)cccc4F)c(C(C)=O)nn3)cc2)CC1. The summed E-state index contributed by atoms with van der Waals surface area (Å²) in [5, 5.41) is 14.1. The number of Topliss-reactive ketones (excluding diaryl/α,β-unsaturated/α-hetero) is 1. The van der Waals surface area contributed by atoms with Crippen molar-refractivity contribution in [1.29, 1.82) is 0 Å². The highest BCUT2D eigenvalue weighted by molar-refractivity contribution is 5.97. The van der Waals surface area contributed by atoms with Gasteiger partial charge in [-0.05, 0) is 36.4 Å². The van der Waals surface area contributed by atoms with Gasteiger partial charge in [0.05, 0.1) is 5.69 Å². The molecule has 10 heteroatoms. The number of benzene rings is 2. The molecule has 1 aromatic heterocycles. The Morgan fingerprint density at radius 3 is 2.25 bits per heavy atom. The summed E-state index contributed by atoms with van der Waals surface area (Å²) >= 11 is 0. The second kappa shape index (κ2) is 11.1. The van der Waals surface area contributed by atoms with E-state index >= 15 is 0 Å². The summed E-state index contributed by atoms with van der Waals surface area (Å²) in [6, 6.07) is 13.0. The van der Waals surface area contributed by atoms with Crippen LogP contribution in [0.1, 0.15) is 36.3 Å². The van der Waals surface area contributed by atoms with Crippen molar-refractivity contribution in [1.82, 2.24) is 15.1 Å². The van der Waals surface area contributed by atoms with E-state index in [1.807, 2.05) is 36.1 Å². The minimum atomic E-state index is -0.675. The monoisotopic (exact) mass is 494 g/mol. The lowest BCUT2D eigenvalue weighted by atomic mass is 10.1. The smallest absolute Gasteiger partial charge is 0.222 e. The number of carbonyl (C=O) groups excluding carboxylic acids is 2. The van der Waals surface area contributed by atoms with Crippen molar-refractivity contribution >= 4 is 34.6 Å². The molecule has 0 bridgehead atoms. The zero-order valence-corrected chi connectivity index (χ0v) is 20.2.